The van der Waals surface area contributed by atoms with Gasteiger partial charge in [0.15, 0.2) is 0 Å². The second kappa shape index (κ2) is 14.8. The monoisotopic (exact) mass is 496 g/mol. The highest BCUT2D eigenvalue weighted by molar-refractivity contribution is 7.48. The van der Waals surface area contributed by atoms with Crippen LogP contribution in [-0.2, 0) is 32.7 Å². The van der Waals surface area contributed by atoms with Crippen molar-refractivity contribution in [3.8, 4) is 5.75 Å². The van der Waals surface area contributed by atoms with Crippen LogP contribution < -0.4 is 4.52 Å². The molecule has 8 nitrogen and oxygen atoms in total. The molecule has 0 heterocycles. The van der Waals surface area contributed by atoms with Crippen molar-refractivity contribution in [2.24, 2.45) is 0 Å². The summed E-state index contributed by atoms with van der Waals surface area (Å²) in [5, 5.41) is 0. The molecule has 190 valence electrons. The summed E-state index contributed by atoms with van der Waals surface area (Å²) < 4.78 is 40.4. The van der Waals surface area contributed by atoms with Gasteiger partial charge < -0.3 is 14.0 Å². The molecule has 0 radical (unpaired) electrons. The number of benzene rings is 1. The molecule has 1 aromatic carbocycles. The van der Waals surface area contributed by atoms with Crippen molar-refractivity contribution in [3.63, 3.8) is 0 Å². The fourth-order valence-electron chi connectivity index (χ4n) is 2.85. The molecule has 9 heteroatoms. The number of hydrogen-bond acceptors (Lipinski definition) is 8. The summed E-state index contributed by atoms with van der Waals surface area (Å²) in [5.74, 6) is -0.435. The SMILES string of the molecule is C=C(C)C(=O)OCCCCOP(=O)(OCCCCOC(=O)C(=C)C)Oc1c(C)cc(C)cc1C. The molecule has 0 spiro atoms. The van der Waals surface area contributed by atoms with Gasteiger partial charge in [-0.2, -0.15) is 0 Å². The van der Waals surface area contributed by atoms with Crippen molar-refractivity contribution < 1.29 is 37.2 Å². The highest BCUT2D eigenvalue weighted by Gasteiger charge is 2.30. The Kier molecular flexibility index (Phi) is 12.9. The molecule has 0 aliphatic heterocycles. The van der Waals surface area contributed by atoms with Gasteiger partial charge in [0.25, 0.3) is 0 Å². The summed E-state index contributed by atoms with van der Waals surface area (Å²) in [4.78, 5) is 22.8. The van der Waals surface area contributed by atoms with Gasteiger partial charge in [0.05, 0.1) is 26.4 Å². The molecule has 0 saturated carbocycles. The van der Waals surface area contributed by atoms with E-state index in [2.05, 4.69) is 13.2 Å². The lowest BCUT2D eigenvalue weighted by Crippen LogP contribution is -2.09. The molecule has 1 rings (SSSR count). The largest absolute Gasteiger partial charge is 0.530 e. The van der Waals surface area contributed by atoms with Crippen molar-refractivity contribution in [3.05, 3.63) is 53.1 Å². The molecule has 34 heavy (non-hydrogen) atoms. The topological polar surface area (TPSA) is 97.4 Å². The first kappa shape index (κ1) is 29.6. The second-order valence-electron chi connectivity index (χ2n) is 8.18. The number of hydrogen-bond donors (Lipinski definition) is 0. The molecule has 0 aromatic heterocycles. The molecule has 1 aromatic rings. The summed E-state index contributed by atoms with van der Waals surface area (Å²) in [6, 6.07) is 3.86. The Hall–Kier alpha value is -2.41. The van der Waals surface area contributed by atoms with Gasteiger partial charge in [0.2, 0.25) is 0 Å². The van der Waals surface area contributed by atoms with Gasteiger partial charge in [-0.3, -0.25) is 9.05 Å². The zero-order valence-corrected chi connectivity index (χ0v) is 21.8. The van der Waals surface area contributed by atoms with Gasteiger partial charge in [-0.1, -0.05) is 30.9 Å². The first-order valence-electron chi connectivity index (χ1n) is 11.3. The predicted molar refractivity (Wildman–Crippen MR) is 131 cm³/mol. The fraction of sp³-hybridized carbons (Fsp3) is 0.520. The highest BCUT2D eigenvalue weighted by atomic mass is 31.2. The van der Waals surface area contributed by atoms with Crippen LogP contribution in [0.25, 0.3) is 0 Å². The zero-order valence-electron chi connectivity index (χ0n) is 20.9. The molecule has 0 fully saturated rings. The Morgan fingerprint density at radius 2 is 1.15 bits per heavy atom. The standard InChI is InChI=1S/C25H37O8P/c1-18(2)24(26)29-12-8-10-14-31-34(28,32-15-11-9-13-30-25(27)19(3)4)33-23-21(6)16-20(5)17-22(23)7/h16-17H,1,3,8-15H2,2,4-7H3. The normalized spacial score (nSPS) is 11.1. The van der Waals surface area contributed by atoms with E-state index in [1.807, 2.05) is 32.9 Å². The lowest BCUT2D eigenvalue weighted by molar-refractivity contribution is -0.139. The Balaban J connectivity index is 2.65. The number of esters is 2. The molecular formula is C25H37O8P. The van der Waals surface area contributed by atoms with Crippen LogP contribution in [0.4, 0.5) is 0 Å². The first-order valence-corrected chi connectivity index (χ1v) is 12.7. The van der Waals surface area contributed by atoms with E-state index in [0.717, 1.165) is 16.7 Å². The summed E-state index contributed by atoms with van der Waals surface area (Å²) >= 11 is 0. The van der Waals surface area contributed by atoms with E-state index in [-0.39, 0.29) is 26.4 Å². The van der Waals surface area contributed by atoms with Crippen LogP contribution in [0, 0.1) is 20.8 Å². The van der Waals surface area contributed by atoms with Crippen molar-refractivity contribution in [1.29, 1.82) is 0 Å². The molecule has 0 bridgehead atoms. The summed E-state index contributed by atoms with van der Waals surface area (Å²) in [6.07, 6.45) is 2.02. The van der Waals surface area contributed by atoms with Gasteiger partial charge in [-0.05, 0) is 71.4 Å². The smallest absolute Gasteiger partial charge is 0.462 e. The molecule has 0 atom stereocenters. The van der Waals surface area contributed by atoms with E-state index < -0.39 is 19.8 Å². The van der Waals surface area contributed by atoms with Gasteiger partial charge in [0, 0.05) is 11.1 Å². The number of rotatable bonds is 16. The van der Waals surface area contributed by atoms with Gasteiger partial charge in [-0.15, -0.1) is 0 Å². The van der Waals surface area contributed by atoms with Crippen LogP contribution in [0.3, 0.4) is 0 Å². The third-order valence-corrected chi connectivity index (χ3v) is 5.95. The molecule has 0 amide bonds. The number of carbonyl (C=O) groups is 2. The molecule has 0 unspecified atom stereocenters. The Morgan fingerprint density at radius 3 is 1.53 bits per heavy atom. The fourth-order valence-corrected chi connectivity index (χ4v) is 4.25. The quantitative estimate of drug-likeness (QED) is 0.120. The van der Waals surface area contributed by atoms with Gasteiger partial charge in [0.1, 0.15) is 5.75 Å². The average molecular weight is 497 g/mol. The second-order valence-corrected chi connectivity index (χ2v) is 9.77. The van der Waals surface area contributed by atoms with E-state index in [1.54, 1.807) is 13.8 Å². The summed E-state index contributed by atoms with van der Waals surface area (Å²) in [6.45, 7) is 16.5. The minimum atomic E-state index is -3.92. The van der Waals surface area contributed by atoms with Crippen LogP contribution in [0.2, 0.25) is 0 Å². The zero-order chi connectivity index (χ0) is 25.7. The highest BCUT2D eigenvalue weighted by Crippen LogP contribution is 2.51. The maximum absolute atomic E-state index is 13.4. The Bertz CT molecular complexity index is 856. The van der Waals surface area contributed by atoms with E-state index in [1.165, 1.54) is 0 Å². The number of phosphoric acid groups is 1. The van der Waals surface area contributed by atoms with E-state index in [0.29, 0.717) is 42.6 Å². The minimum Gasteiger partial charge on any atom is -0.462 e. The van der Waals surface area contributed by atoms with E-state index in [9.17, 15) is 14.2 Å². The predicted octanol–water partition coefficient (Wildman–Crippen LogP) is 5.93. The Labute approximate surface area is 202 Å². The van der Waals surface area contributed by atoms with Crippen molar-refractivity contribution >= 4 is 19.8 Å². The van der Waals surface area contributed by atoms with E-state index in [4.69, 9.17) is 23.0 Å². The van der Waals surface area contributed by atoms with Crippen LogP contribution in [0.5, 0.6) is 5.75 Å². The third kappa shape index (κ3) is 11.1. The molecule has 0 aliphatic carbocycles. The number of unbranched alkanes of at least 4 members (excludes halogenated alkanes) is 2. The van der Waals surface area contributed by atoms with E-state index >= 15 is 0 Å². The van der Waals surface area contributed by atoms with Crippen molar-refractivity contribution in [2.45, 2.75) is 60.3 Å². The van der Waals surface area contributed by atoms with Crippen LogP contribution in [-0.4, -0.2) is 38.4 Å². The number of phosphoric ester groups is 1. The molecule has 0 N–H and O–H groups in total. The van der Waals surface area contributed by atoms with Crippen LogP contribution in [0.1, 0.15) is 56.2 Å². The van der Waals surface area contributed by atoms with Crippen molar-refractivity contribution in [2.75, 3.05) is 26.4 Å². The molecule has 0 saturated heterocycles. The molecular weight excluding hydrogens is 459 g/mol. The summed E-state index contributed by atoms with van der Waals surface area (Å²) in [7, 11) is -3.92. The minimum absolute atomic E-state index is 0.0993. The summed E-state index contributed by atoms with van der Waals surface area (Å²) in [5.41, 5.74) is 3.38. The van der Waals surface area contributed by atoms with Gasteiger partial charge in [-0.25, -0.2) is 14.2 Å². The lowest BCUT2D eigenvalue weighted by atomic mass is 10.1. The number of carbonyl (C=O) groups excluding carboxylic acids is 2. The Morgan fingerprint density at radius 1 is 0.765 bits per heavy atom. The number of ether oxygens (including phenoxy) is 2. The first-order chi connectivity index (χ1) is 15.9. The number of aryl methyl sites for hydroxylation is 3. The maximum atomic E-state index is 13.4. The van der Waals surface area contributed by atoms with Gasteiger partial charge >= 0.3 is 19.8 Å². The van der Waals surface area contributed by atoms with Crippen molar-refractivity contribution in [1.82, 2.24) is 0 Å². The van der Waals surface area contributed by atoms with Crippen LogP contribution in [0.15, 0.2) is 36.4 Å². The van der Waals surface area contributed by atoms with Crippen LogP contribution >= 0.6 is 7.82 Å². The average Bonchev–Trinajstić information content (AvgIpc) is 2.75. The third-order valence-electron chi connectivity index (χ3n) is 4.55. The molecule has 0 aliphatic rings. The lowest BCUT2D eigenvalue weighted by Gasteiger charge is -2.21. The maximum Gasteiger partial charge on any atom is 0.530 e.